The molecular formula is C15H25N3O2S. The molecule has 1 atom stereocenters. The number of rotatable bonds is 8. The van der Waals surface area contributed by atoms with Gasteiger partial charge in [0.05, 0.1) is 0 Å². The predicted molar refractivity (Wildman–Crippen MR) is 83.3 cm³/mol. The second-order valence-corrected chi connectivity index (χ2v) is 7.90. The summed E-state index contributed by atoms with van der Waals surface area (Å²) in [5.74, 6) is 0.695. The van der Waals surface area contributed by atoms with Crippen LogP contribution in [0, 0.1) is 5.92 Å². The molecule has 1 heterocycles. The van der Waals surface area contributed by atoms with Crippen LogP contribution in [0.3, 0.4) is 0 Å². The van der Waals surface area contributed by atoms with Crippen LogP contribution in [0.2, 0.25) is 0 Å². The minimum atomic E-state index is -3.51. The van der Waals surface area contributed by atoms with Gasteiger partial charge in [-0.05, 0) is 30.9 Å². The van der Waals surface area contributed by atoms with Crippen molar-refractivity contribution in [2.45, 2.75) is 63.7 Å². The monoisotopic (exact) mass is 311 g/mol. The van der Waals surface area contributed by atoms with E-state index in [9.17, 15) is 8.42 Å². The molecule has 1 aromatic rings. The Morgan fingerprint density at radius 2 is 2.00 bits per heavy atom. The summed E-state index contributed by atoms with van der Waals surface area (Å²) in [6, 6.07) is 3.73. The van der Waals surface area contributed by atoms with E-state index < -0.39 is 10.0 Å². The standard InChI is InChI=1S/C15H25N3O2S/c1-11(2)16-9-14-6-7-15(17-10-14)21(19,20)18-12(3)8-13-4-5-13/h6-7,10-13,16,18H,4-5,8-9H2,1-3H3. The van der Waals surface area contributed by atoms with Gasteiger partial charge in [0.1, 0.15) is 0 Å². The van der Waals surface area contributed by atoms with Crippen LogP contribution in [0.25, 0.3) is 0 Å². The molecule has 1 unspecified atom stereocenters. The molecule has 1 saturated carbocycles. The number of sulfonamides is 1. The lowest BCUT2D eigenvalue weighted by Gasteiger charge is -2.13. The molecule has 6 heteroatoms. The SMILES string of the molecule is CC(C)NCc1ccc(S(=O)(=O)NC(C)CC2CC2)nc1. The van der Waals surface area contributed by atoms with Crippen molar-refractivity contribution in [2.24, 2.45) is 5.92 Å². The normalized spacial score (nSPS) is 17.1. The molecule has 1 fully saturated rings. The van der Waals surface area contributed by atoms with E-state index in [2.05, 4.69) is 28.9 Å². The highest BCUT2D eigenvalue weighted by molar-refractivity contribution is 7.89. The van der Waals surface area contributed by atoms with E-state index in [1.54, 1.807) is 12.3 Å². The maximum Gasteiger partial charge on any atom is 0.258 e. The Morgan fingerprint density at radius 1 is 1.29 bits per heavy atom. The number of nitrogens with one attached hydrogen (secondary N) is 2. The van der Waals surface area contributed by atoms with Crippen molar-refractivity contribution in [3.8, 4) is 0 Å². The zero-order chi connectivity index (χ0) is 15.5. The fourth-order valence-corrected chi connectivity index (χ4v) is 3.41. The lowest BCUT2D eigenvalue weighted by atomic mass is 10.2. The maximum atomic E-state index is 12.2. The molecule has 0 aromatic carbocycles. The third-order valence-electron chi connectivity index (χ3n) is 3.53. The van der Waals surface area contributed by atoms with E-state index >= 15 is 0 Å². The first-order valence-electron chi connectivity index (χ1n) is 7.57. The Bertz CT molecular complexity index is 551. The summed E-state index contributed by atoms with van der Waals surface area (Å²) in [7, 11) is -3.51. The van der Waals surface area contributed by atoms with E-state index in [1.165, 1.54) is 12.8 Å². The Kier molecular flexibility index (Phi) is 5.35. The van der Waals surface area contributed by atoms with Crippen molar-refractivity contribution in [3.05, 3.63) is 23.9 Å². The summed E-state index contributed by atoms with van der Waals surface area (Å²) in [5, 5.41) is 3.37. The summed E-state index contributed by atoms with van der Waals surface area (Å²) in [4.78, 5) is 4.09. The molecule has 0 spiro atoms. The van der Waals surface area contributed by atoms with E-state index in [1.807, 2.05) is 13.0 Å². The van der Waals surface area contributed by atoms with E-state index in [4.69, 9.17) is 0 Å². The zero-order valence-electron chi connectivity index (χ0n) is 13.0. The van der Waals surface area contributed by atoms with Gasteiger partial charge in [-0.25, -0.2) is 18.1 Å². The third-order valence-corrected chi connectivity index (χ3v) is 5.03. The lowest BCUT2D eigenvalue weighted by molar-refractivity contribution is 0.527. The van der Waals surface area contributed by atoms with Gasteiger partial charge in [0.15, 0.2) is 5.03 Å². The Labute approximate surface area is 127 Å². The molecular weight excluding hydrogens is 286 g/mol. The Hall–Kier alpha value is -0.980. The van der Waals surface area contributed by atoms with Crippen LogP contribution in [-0.4, -0.2) is 25.5 Å². The molecule has 1 aliphatic rings. The van der Waals surface area contributed by atoms with Gasteiger partial charge >= 0.3 is 0 Å². The van der Waals surface area contributed by atoms with Crippen molar-refractivity contribution in [2.75, 3.05) is 0 Å². The predicted octanol–water partition coefficient (Wildman–Crippen LogP) is 2.05. The maximum absolute atomic E-state index is 12.2. The van der Waals surface area contributed by atoms with Crippen molar-refractivity contribution in [1.29, 1.82) is 0 Å². The van der Waals surface area contributed by atoms with Gasteiger partial charge in [0.25, 0.3) is 10.0 Å². The van der Waals surface area contributed by atoms with Crippen molar-refractivity contribution < 1.29 is 8.42 Å². The fourth-order valence-electron chi connectivity index (χ4n) is 2.22. The van der Waals surface area contributed by atoms with E-state index in [0.29, 0.717) is 18.5 Å². The number of hydrogen-bond acceptors (Lipinski definition) is 4. The summed E-state index contributed by atoms with van der Waals surface area (Å²) in [6.45, 7) is 6.74. The highest BCUT2D eigenvalue weighted by Crippen LogP contribution is 2.33. The van der Waals surface area contributed by atoms with Crippen LogP contribution >= 0.6 is 0 Å². The van der Waals surface area contributed by atoms with Crippen molar-refractivity contribution in [1.82, 2.24) is 15.0 Å². The van der Waals surface area contributed by atoms with Gasteiger partial charge in [0, 0.05) is 24.8 Å². The van der Waals surface area contributed by atoms with Gasteiger partial charge in [-0.3, -0.25) is 0 Å². The summed E-state index contributed by atoms with van der Waals surface area (Å²) >= 11 is 0. The first-order chi connectivity index (χ1) is 9.87. The minimum absolute atomic E-state index is 0.0356. The number of pyridine rings is 1. The van der Waals surface area contributed by atoms with Crippen LogP contribution in [-0.2, 0) is 16.6 Å². The summed E-state index contributed by atoms with van der Waals surface area (Å²) in [5.41, 5.74) is 0.980. The molecule has 0 amide bonds. The van der Waals surface area contributed by atoms with Gasteiger partial charge < -0.3 is 5.32 Å². The first-order valence-corrected chi connectivity index (χ1v) is 9.06. The third kappa shape index (κ3) is 5.37. The zero-order valence-corrected chi connectivity index (χ0v) is 13.8. The van der Waals surface area contributed by atoms with Gasteiger partial charge in [-0.2, -0.15) is 0 Å². The smallest absolute Gasteiger partial charge is 0.258 e. The highest BCUT2D eigenvalue weighted by atomic mass is 32.2. The molecule has 1 aromatic heterocycles. The number of nitrogens with zero attached hydrogens (tertiary/aromatic N) is 1. The molecule has 0 radical (unpaired) electrons. The average molecular weight is 311 g/mol. The molecule has 118 valence electrons. The Morgan fingerprint density at radius 3 is 2.52 bits per heavy atom. The topological polar surface area (TPSA) is 71.1 Å². The molecule has 5 nitrogen and oxygen atoms in total. The molecule has 0 bridgehead atoms. The highest BCUT2D eigenvalue weighted by Gasteiger charge is 2.26. The van der Waals surface area contributed by atoms with Crippen LogP contribution in [0.5, 0.6) is 0 Å². The van der Waals surface area contributed by atoms with Crippen LogP contribution in [0.4, 0.5) is 0 Å². The first kappa shape index (κ1) is 16.4. The van der Waals surface area contributed by atoms with Crippen molar-refractivity contribution in [3.63, 3.8) is 0 Å². The van der Waals surface area contributed by atoms with Crippen LogP contribution < -0.4 is 10.0 Å². The average Bonchev–Trinajstić information content (AvgIpc) is 3.20. The quantitative estimate of drug-likeness (QED) is 0.771. The van der Waals surface area contributed by atoms with Crippen LogP contribution in [0.15, 0.2) is 23.4 Å². The van der Waals surface area contributed by atoms with Gasteiger partial charge in [-0.1, -0.05) is 32.8 Å². The number of aromatic nitrogens is 1. The largest absolute Gasteiger partial charge is 0.310 e. The lowest BCUT2D eigenvalue weighted by Crippen LogP contribution is -2.33. The van der Waals surface area contributed by atoms with Gasteiger partial charge in [-0.15, -0.1) is 0 Å². The molecule has 1 aliphatic carbocycles. The summed E-state index contributed by atoms with van der Waals surface area (Å²) < 4.78 is 27.2. The minimum Gasteiger partial charge on any atom is -0.310 e. The molecule has 0 aliphatic heterocycles. The second kappa shape index (κ2) is 6.85. The van der Waals surface area contributed by atoms with Crippen molar-refractivity contribution >= 4 is 10.0 Å². The molecule has 21 heavy (non-hydrogen) atoms. The van der Waals surface area contributed by atoms with Gasteiger partial charge in [0.2, 0.25) is 0 Å². The van der Waals surface area contributed by atoms with E-state index in [-0.39, 0.29) is 11.1 Å². The van der Waals surface area contributed by atoms with E-state index in [0.717, 1.165) is 12.0 Å². The summed E-state index contributed by atoms with van der Waals surface area (Å²) in [6.07, 6.45) is 4.98. The Balaban J connectivity index is 1.95. The molecule has 2 N–H and O–H groups in total. The molecule has 2 rings (SSSR count). The molecule has 0 saturated heterocycles. The number of hydrogen-bond donors (Lipinski definition) is 2. The van der Waals surface area contributed by atoms with Crippen LogP contribution in [0.1, 0.15) is 45.6 Å². The fraction of sp³-hybridized carbons (Fsp3) is 0.667. The second-order valence-electron chi connectivity index (χ2n) is 6.24.